The highest BCUT2D eigenvalue weighted by molar-refractivity contribution is 5.90. The van der Waals surface area contributed by atoms with E-state index in [-0.39, 0.29) is 11.7 Å². The summed E-state index contributed by atoms with van der Waals surface area (Å²) in [7, 11) is 1.62. The van der Waals surface area contributed by atoms with E-state index in [1.54, 1.807) is 12.0 Å². The number of hydrogen-bond donors (Lipinski definition) is 1. The van der Waals surface area contributed by atoms with Crippen molar-refractivity contribution in [1.82, 2.24) is 20.1 Å². The SMILES string of the molecule is CCN(CCOC)C(=O)c1n[nH]c(C2CC2)n1. The minimum Gasteiger partial charge on any atom is -0.383 e. The molecule has 1 fully saturated rings. The number of methoxy groups -OCH3 is 1. The molecular formula is C11H18N4O2. The average Bonchev–Trinajstić information content (AvgIpc) is 3.08. The third kappa shape index (κ3) is 2.82. The topological polar surface area (TPSA) is 71.1 Å². The molecule has 1 saturated carbocycles. The van der Waals surface area contributed by atoms with Gasteiger partial charge < -0.3 is 9.64 Å². The number of amides is 1. The lowest BCUT2D eigenvalue weighted by molar-refractivity contribution is 0.0695. The van der Waals surface area contributed by atoms with E-state index >= 15 is 0 Å². The molecule has 17 heavy (non-hydrogen) atoms. The molecule has 0 atom stereocenters. The van der Waals surface area contributed by atoms with E-state index < -0.39 is 0 Å². The Labute approximate surface area is 100 Å². The molecule has 0 saturated heterocycles. The van der Waals surface area contributed by atoms with E-state index in [4.69, 9.17) is 4.74 Å². The molecule has 0 aliphatic heterocycles. The maximum absolute atomic E-state index is 12.1. The molecular weight excluding hydrogens is 220 g/mol. The Morgan fingerprint density at radius 2 is 2.35 bits per heavy atom. The Balaban J connectivity index is 2.00. The van der Waals surface area contributed by atoms with Gasteiger partial charge in [0.2, 0.25) is 5.82 Å². The average molecular weight is 238 g/mol. The van der Waals surface area contributed by atoms with Crippen LogP contribution in [-0.2, 0) is 4.74 Å². The van der Waals surface area contributed by atoms with E-state index in [1.807, 2.05) is 6.92 Å². The fourth-order valence-electron chi connectivity index (χ4n) is 1.66. The first-order valence-corrected chi connectivity index (χ1v) is 5.96. The number of rotatable bonds is 6. The van der Waals surface area contributed by atoms with Crippen LogP contribution in [0.15, 0.2) is 0 Å². The third-order valence-electron chi connectivity index (χ3n) is 2.89. The maximum atomic E-state index is 12.1. The van der Waals surface area contributed by atoms with Crippen LogP contribution in [0.1, 0.15) is 42.1 Å². The molecule has 1 amide bonds. The highest BCUT2D eigenvalue weighted by atomic mass is 16.5. The summed E-state index contributed by atoms with van der Waals surface area (Å²) in [5, 5.41) is 6.83. The second-order valence-electron chi connectivity index (χ2n) is 4.20. The molecule has 1 heterocycles. The molecule has 1 aliphatic rings. The van der Waals surface area contributed by atoms with E-state index in [0.717, 1.165) is 18.7 Å². The summed E-state index contributed by atoms with van der Waals surface area (Å²) < 4.78 is 4.97. The summed E-state index contributed by atoms with van der Waals surface area (Å²) in [6.07, 6.45) is 2.29. The third-order valence-corrected chi connectivity index (χ3v) is 2.89. The van der Waals surface area contributed by atoms with Crippen molar-refractivity contribution in [3.05, 3.63) is 11.6 Å². The lowest BCUT2D eigenvalue weighted by atomic mass is 10.4. The van der Waals surface area contributed by atoms with Crippen molar-refractivity contribution in [3.63, 3.8) is 0 Å². The normalized spacial score (nSPS) is 14.9. The molecule has 1 aromatic rings. The number of aromatic nitrogens is 3. The Bertz CT molecular complexity index is 387. The van der Waals surface area contributed by atoms with E-state index in [2.05, 4.69) is 15.2 Å². The monoisotopic (exact) mass is 238 g/mol. The van der Waals surface area contributed by atoms with Gasteiger partial charge in [-0.2, -0.15) is 0 Å². The highest BCUT2D eigenvalue weighted by Crippen LogP contribution is 2.37. The molecule has 6 heteroatoms. The molecule has 0 bridgehead atoms. The fourth-order valence-corrected chi connectivity index (χ4v) is 1.66. The van der Waals surface area contributed by atoms with E-state index in [9.17, 15) is 4.79 Å². The van der Waals surface area contributed by atoms with E-state index in [0.29, 0.717) is 25.6 Å². The number of aromatic amines is 1. The molecule has 0 radical (unpaired) electrons. The maximum Gasteiger partial charge on any atom is 0.293 e. The molecule has 0 spiro atoms. The smallest absolute Gasteiger partial charge is 0.293 e. The van der Waals surface area contributed by atoms with Crippen molar-refractivity contribution in [2.24, 2.45) is 0 Å². The lowest BCUT2D eigenvalue weighted by Crippen LogP contribution is -2.34. The van der Waals surface area contributed by atoms with Gasteiger partial charge in [0, 0.05) is 26.1 Å². The number of ether oxygens (including phenoxy) is 1. The van der Waals surface area contributed by atoms with Crippen LogP contribution in [0.4, 0.5) is 0 Å². The number of likely N-dealkylation sites (N-methyl/N-ethyl adjacent to an activating group) is 1. The number of carbonyl (C=O) groups excluding carboxylic acids is 1. The molecule has 1 N–H and O–H groups in total. The molecule has 1 aromatic heterocycles. The van der Waals surface area contributed by atoms with Gasteiger partial charge in [0.15, 0.2) is 0 Å². The van der Waals surface area contributed by atoms with Crippen molar-refractivity contribution in [2.75, 3.05) is 26.8 Å². The minimum absolute atomic E-state index is 0.132. The molecule has 94 valence electrons. The van der Waals surface area contributed by atoms with Crippen LogP contribution >= 0.6 is 0 Å². The molecule has 6 nitrogen and oxygen atoms in total. The largest absolute Gasteiger partial charge is 0.383 e. The highest BCUT2D eigenvalue weighted by Gasteiger charge is 2.28. The van der Waals surface area contributed by atoms with Gasteiger partial charge in [-0.15, -0.1) is 5.10 Å². The lowest BCUT2D eigenvalue weighted by Gasteiger charge is -2.18. The number of hydrogen-bond acceptors (Lipinski definition) is 4. The van der Waals surface area contributed by atoms with Gasteiger partial charge >= 0.3 is 0 Å². The summed E-state index contributed by atoms with van der Waals surface area (Å²) in [5.41, 5.74) is 0. The van der Waals surface area contributed by atoms with Gasteiger partial charge in [0.1, 0.15) is 5.82 Å². The standard InChI is InChI=1S/C11H18N4O2/c1-3-15(6-7-17-2)11(16)10-12-9(13-14-10)8-4-5-8/h8H,3-7H2,1-2H3,(H,12,13,14). The number of carbonyl (C=O) groups is 1. The summed E-state index contributed by atoms with van der Waals surface area (Å²) in [6, 6.07) is 0. The van der Waals surface area contributed by atoms with Crippen molar-refractivity contribution in [1.29, 1.82) is 0 Å². The second kappa shape index (κ2) is 5.27. The molecule has 2 rings (SSSR count). The van der Waals surface area contributed by atoms with Crippen LogP contribution in [0, 0.1) is 0 Å². The van der Waals surface area contributed by atoms with Crippen LogP contribution in [0.25, 0.3) is 0 Å². The van der Waals surface area contributed by atoms with Crippen LogP contribution in [-0.4, -0.2) is 52.8 Å². The van der Waals surface area contributed by atoms with Crippen molar-refractivity contribution in [2.45, 2.75) is 25.7 Å². The number of nitrogens with one attached hydrogen (secondary N) is 1. The van der Waals surface area contributed by atoms with Gasteiger partial charge in [-0.3, -0.25) is 9.89 Å². The Hall–Kier alpha value is -1.43. The zero-order valence-corrected chi connectivity index (χ0v) is 10.3. The number of H-pyrrole nitrogens is 1. The summed E-state index contributed by atoms with van der Waals surface area (Å²) in [6.45, 7) is 3.66. The fraction of sp³-hybridized carbons (Fsp3) is 0.727. The van der Waals surface area contributed by atoms with Gasteiger partial charge in [0.25, 0.3) is 5.91 Å². The molecule has 0 aromatic carbocycles. The summed E-state index contributed by atoms with van der Waals surface area (Å²) in [5.74, 6) is 1.46. The van der Waals surface area contributed by atoms with Gasteiger partial charge in [-0.1, -0.05) is 0 Å². The second-order valence-corrected chi connectivity index (χ2v) is 4.20. The first-order valence-electron chi connectivity index (χ1n) is 5.96. The minimum atomic E-state index is -0.132. The van der Waals surface area contributed by atoms with Crippen LogP contribution < -0.4 is 0 Å². The summed E-state index contributed by atoms with van der Waals surface area (Å²) >= 11 is 0. The number of nitrogens with zero attached hydrogens (tertiary/aromatic N) is 3. The summed E-state index contributed by atoms with van der Waals surface area (Å²) in [4.78, 5) is 18.0. The van der Waals surface area contributed by atoms with Gasteiger partial charge in [0.05, 0.1) is 6.61 Å². The van der Waals surface area contributed by atoms with E-state index in [1.165, 1.54) is 0 Å². The van der Waals surface area contributed by atoms with Crippen molar-refractivity contribution >= 4 is 5.91 Å². The first kappa shape index (κ1) is 12.0. The van der Waals surface area contributed by atoms with Crippen molar-refractivity contribution in [3.8, 4) is 0 Å². The van der Waals surface area contributed by atoms with Gasteiger partial charge in [-0.25, -0.2) is 4.98 Å². The van der Waals surface area contributed by atoms with Crippen LogP contribution in [0.3, 0.4) is 0 Å². The quantitative estimate of drug-likeness (QED) is 0.795. The van der Waals surface area contributed by atoms with Crippen LogP contribution in [0.5, 0.6) is 0 Å². The molecule has 1 aliphatic carbocycles. The zero-order chi connectivity index (χ0) is 12.3. The first-order chi connectivity index (χ1) is 8.26. The predicted octanol–water partition coefficient (Wildman–Crippen LogP) is 0.791. The Morgan fingerprint density at radius 3 is 2.94 bits per heavy atom. The Morgan fingerprint density at radius 1 is 1.59 bits per heavy atom. The van der Waals surface area contributed by atoms with Gasteiger partial charge in [-0.05, 0) is 19.8 Å². The molecule has 0 unspecified atom stereocenters. The predicted molar refractivity (Wildman–Crippen MR) is 61.8 cm³/mol. The zero-order valence-electron chi connectivity index (χ0n) is 10.3. The van der Waals surface area contributed by atoms with Crippen molar-refractivity contribution < 1.29 is 9.53 Å². The van der Waals surface area contributed by atoms with Crippen LogP contribution in [0.2, 0.25) is 0 Å². The Kier molecular flexibility index (Phi) is 3.73.